The third-order valence-electron chi connectivity index (χ3n) is 3.44. The van der Waals surface area contributed by atoms with Gasteiger partial charge >= 0.3 is 0 Å². The molecule has 2 rings (SSSR count). The molecule has 0 saturated heterocycles. The molecular weight excluding hydrogens is 228 g/mol. The summed E-state index contributed by atoms with van der Waals surface area (Å²) in [5.41, 5.74) is 1.34. The molecule has 2 unspecified atom stereocenters. The molecule has 0 aromatic heterocycles. The smallest absolute Gasteiger partial charge is 0.137 e. The lowest BCUT2D eigenvalue weighted by molar-refractivity contribution is -0.131. The highest BCUT2D eigenvalue weighted by molar-refractivity contribution is 7.99. The molecule has 1 aliphatic carbocycles. The number of hydrogen-bond acceptors (Lipinski definition) is 2. The van der Waals surface area contributed by atoms with Gasteiger partial charge in [0.2, 0.25) is 0 Å². The van der Waals surface area contributed by atoms with Gasteiger partial charge in [-0.2, -0.15) is 0 Å². The van der Waals surface area contributed by atoms with Gasteiger partial charge in [-0.25, -0.2) is 0 Å². The zero-order chi connectivity index (χ0) is 12.4. The van der Waals surface area contributed by atoms with Crippen LogP contribution in [0, 0.1) is 5.92 Å². The number of hydrogen-bond donors (Lipinski definition) is 0. The quantitative estimate of drug-likeness (QED) is 0.740. The van der Waals surface area contributed by atoms with Crippen LogP contribution in [-0.2, 0) is 4.79 Å². The molecule has 1 saturated carbocycles. The Bertz CT molecular complexity index is 394. The molecule has 1 aliphatic rings. The van der Waals surface area contributed by atoms with E-state index >= 15 is 0 Å². The van der Waals surface area contributed by atoms with Gasteiger partial charge in [-0.1, -0.05) is 32.9 Å². The minimum absolute atomic E-state index is 0.276. The van der Waals surface area contributed by atoms with Crippen molar-refractivity contribution in [1.29, 1.82) is 0 Å². The van der Waals surface area contributed by atoms with Gasteiger partial charge in [-0.15, -0.1) is 11.8 Å². The summed E-state index contributed by atoms with van der Waals surface area (Å²) in [5, 5.41) is 0.620. The number of benzene rings is 1. The third-order valence-corrected chi connectivity index (χ3v) is 4.46. The van der Waals surface area contributed by atoms with Crippen LogP contribution in [0.15, 0.2) is 29.2 Å². The van der Waals surface area contributed by atoms with Crippen molar-refractivity contribution in [3.05, 3.63) is 29.8 Å². The van der Waals surface area contributed by atoms with Gasteiger partial charge in [0.15, 0.2) is 0 Å². The average Bonchev–Trinajstić information content (AvgIpc) is 2.27. The summed E-state index contributed by atoms with van der Waals surface area (Å²) in [6, 6.07) is 8.78. The van der Waals surface area contributed by atoms with E-state index in [4.69, 9.17) is 0 Å². The van der Waals surface area contributed by atoms with Gasteiger partial charge in [0, 0.05) is 28.4 Å². The lowest BCUT2D eigenvalue weighted by atomic mass is 9.68. The number of Topliss-reactive ketones (excluding diaryl/α,β-unsaturated/α-hetero) is 1. The first-order chi connectivity index (χ1) is 8.11. The van der Waals surface area contributed by atoms with E-state index in [1.165, 1.54) is 10.5 Å². The Labute approximate surface area is 108 Å². The molecule has 17 heavy (non-hydrogen) atoms. The molecule has 0 bridgehead atoms. The van der Waals surface area contributed by atoms with Gasteiger partial charge in [0.05, 0.1) is 0 Å². The van der Waals surface area contributed by atoms with Crippen molar-refractivity contribution < 1.29 is 4.79 Å². The zero-order valence-corrected chi connectivity index (χ0v) is 11.6. The van der Waals surface area contributed by atoms with Crippen LogP contribution in [0.3, 0.4) is 0 Å². The third kappa shape index (κ3) is 2.74. The summed E-state index contributed by atoms with van der Waals surface area (Å²) in [6.45, 7) is 6.52. The standard InChI is InChI=1S/C15H20OS/c1-4-13-14(9-15(13)16)11-5-7-12(8-6-11)17-10(2)3/h5-8,10,13-14H,4,9H2,1-3H3. The maximum atomic E-state index is 11.5. The fourth-order valence-electron chi connectivity index (χ4n) is 2.50. The fourth-order valence-corrected chi connectivity index (χ4v) is 3.34. The number of ketones is 1. The first-order valence-corrected chi connectivity index (χ1v) is 7.29. The maximum Gasteiger partial charge on any atom is 0.137 e. The highest BCUT2D eigenvalue weighted by atomic mass is 32.2. The van der Waals surface area contributed by atoms with E-state index in [-0.39, 0.29) is 5.92 Å². The molecular formula is C15H20OS. The summed E-state index contributed by atoms with van der Waals surface area (Å²) >= 11 is 1.88. The van der Waals surface area contributed by atoms with Crippen LogP contribution in [0.4, 0.5) is 0 Å². The predicted molar refractivity (Wildman–Crippen MR) is 73.6 cm³/mol. The Kier molecular flexibility index (Phi) is 3.93. The largest absolute Gasteiger partial charge is 0.299 e. The topological polar surface area (TPSA) is 17.1 Å². The van der Waals surface area contributed by atoms with Crippen LogP contribution in [0.25, 0.3) is 0 Å². The van der Waals surface area contributed by atoms with Crippen molar-refractivity contribution in [2.45, 2.75) is 49.7 Å². The van der Waals surface area contributed by atoms with Crippen molar-refractivity contribution in [3.63, 3.8) is 0 Å². The van der Waals surface area contributed by atoms with Gasteiger partial charge in [0.25, 0.3) is 0 Å². The highest BCUT2D eigenvalue weighted by Gasteiger charge is 2.38. The maximum absolute atomic E-state index is 11.5. The van der Waals surface area contributed by atoms with E-state index in [0.717, 1.165) is 12.8 Å². The van der Waals surface area contributed by atoms with Gasteiger partial charge in [0.1, 0.15) is 5.78 Å². The molecule has 1 nitrogen and oxygen atoms in total. The van der Waals surface area contributed by atoms with E-state index in [2.05, 4.69) is 45.0 Å². The lowest BCUT2D eigenvalue weighted by Crippen LogP contribution is -2.34. The van der Waals surface area contributed by atoms with E-state index in [0.29, 0.717) is 17.0 Å². The van der Waals surface area contributed by atoms with Crippen LogP contribution < -0.4 is 0 Å². The number of thioether (sulfide) groups is 1. The Hall–Kier alpha value is -0.760. The summed E-state index contributed by atoms with van der Waals surface area (Å²) in [7, 11) is 0. The van der Waals surface area contributed by atoms with E-state index in [1.54, 1.807) is 0 Å². The number of carbonyl (C=O) groups is 1. The number of rotatable bonds is 4. The Morgan fingerprint density at radius 3 is 2.41 bits per heavy atom. The summed E-state index contributed by atoms with van der Waals surface area (Å²) < 4.78 is 0. The summed E-state index contributed by atoms with van der Waals surface area (Å²) in [4.78, 5) is 12.8. The second kappa shape index (κ2) is 5.26. The lowest BCUT2D eigenvalue weighted by Gasteiger charge is -2.34. The van der Waals surface area contributed by atoms with Crippen molar-refractivity contribution in [3.8, 4) is 0 Å². The molecule has 2 heteroatoms. The molecule has 0 heterocycles. The molecule has 1 aromatic carbocycles. The van der Waals surface area contributed by atoms with Gasteiger partial charge in [-0.05, 0) is 24.1 Å². The molecule has 92 valence electrons. The van der Waals surface area contributed by atoms with Crippen LogP contribution in [0.2, 0.25) is 0 Å². The summed E-state index contributed by atoms with van der Waals surface area (Å²) in [6.07, 6.45) is 1.72. The van der Waals surface area contributed by atoms with Crippen molar-refractivity contribution in [2.75, 3.05) is 0 Å². The van der Waals surface area contributed by atoms with E-state index in [9.17, 15) is 4.79 Å². The second-order valence-electron chi connectivity index (χ2n) is 5.03. The minimum Gasteiger partial charge on any atom is -0.299 e. The van der Waals surface area contributed by atoms with Crippen LogP contribution in [-0.4, -0.2) is 11.0 Å². The van der Waals surface area contributed by atoms with Crippen molar-refractivity contribution >= 4 is 17.5 Å². The SMILES string of the molecule is CCC1C(=O)CC1c1ccc(SC(C)C)cc1. The van der Waals surface area contributed by atoms with Crippen LogP contribution in [0.1, 0.15) is 45.1 Å². The first kappa shape index (κ1) is 12.7. The van der Waals surface area contributed by atoms with Gasteiger partial charge < -0.3 is 0 Å². The van der Waals surface area contributed by atoms with E-state index < -0.39 is 0 Å². The average molecular weight is 248 g/mol. The van der Waals surface area contributed by atoms with Crippen LogP contribution >= 0.6 is 11.8 Å². The molecule has 2 atom stereocenters. The Balaban J connectivity index is 2.06. The Morgan fingerprint density at radius 1 is 1.29 bits per heavy atom. The summed E-state index contributed by atoms with van der Waals surface area (Å²) in [5.74, 6) is 1.20. The predicted octanol–water partition coefficient (Wildman–Crippen LogP) is 4.27. The molecule has 0 N–H and O–H groups in total. The normalized spacial score (nSPS) is 23.9. The molecule has 0 spiro atoms. The van der Waals surface area contributed by atoms with Gasteiger partial charge in [-0.3, -0.25) is 4.79 Å². The second-order valence-corrected chi connectivity index (χ2v) is 6.68. The monoisotopic (exact) mass is 248 g/mol. The molecule has 0 radical (unpaired) electrons. The molecule has 0 aliphatic heterocycles. The highest BCUT2D eigenvalue weighted by Crippen LogP contribution is 2.41. The first-order valence-electron chi connectivity index (χ1n) is 6.41. The molecule has 1 fully saturated rings. The Morgan fingerprint density at radius 2 is 1.94 bits per heavy atom. The van der Waals surface area contributed by atoms with Crippen LogP contribution in [0.5, 0.6) is 0 Å². The van der Waals surface area contributed by atoms with E-state index in [1.807, 2.05) is 11.8 Å². The molecule has 1 aromatic rings. The minimum atomic E-state index is 0.276. The van der Waals surface area contributed by atoms with Crippen molar-refractivity contribution in [1.82, 2.24) is 0 Å². The zero-order valence-electron chi connectivity index (χ0n) is 10.8. The fraction of sp³-hybridized carbons (Fsp3) is 0.533. The van der Waals surface area contributed by atoms with Crippen molar-refractivity contribution in [2.24, 2.45) is 5.92 Å². The number of carbonyl (C=O) groups excluding carboxylic acids is 1. The molecule has 0 amide bonds.